The van der Waals surface area contributed by atoms with Crippen LogP contribution in [0.25, 0.3) is 0 Å². The lowest BCUT2D eigenvalue weighted by Crippen LogP contribution is -2.14. The smallest absolute Gasteiger partial charge is 0.275 e. The van der Waals surface area contributed by atoms with Crippen LogP contribution in [0, 0.1) is 17.0 Å². The molecule has 23 heavy (non-hydrogen) atoms. The first kappa shape index (κ1) is 15.6. The van der Waals surface area contributed by atoms with Gasteiger partial charge in [-0.3, -0.25) is 14.9 Å². The van der Waals surface area contributed by atoms with Gasteiger partial charge < -0.3 is 5.32 Å². The number of nitro groups is 1. The van der Waals surface area contributed by atoms with Crippen LogP contribution in [0.4, 0.5) is 17.1 Å². The standard InChI is InChI=1S/C15H9BrClN3O3/c1-7-12(17)11(16)6-10-13(7)19-15(21)14(10)18-8-3-2-4-9(5-8)20(22)23/h2-6H,1H3,(H,18,19,21). The molecular weight excluding hydrogens is 386 g/mol. The molecule has 6 nitrogen and oxygen atoms in total. The summed E-state index contributed by atoms with van der Waals surface area (Å²) in [6, 6.07) is 7.51. The Balaban J connectivity index is 2.14. The number of amides is 1. The fourth-order valence-corrected chi connectivity index (χ4v) is 2.99. The van der Waals surface area contributed by atoms with Gasteiger partial charge in [-0.1, -0.05) is 17.7 Å². The number of nitrogens with one attached hydrogen (secondary N) is 1. The Morgan fingerprint density at radius 3 is 2.78 bits per heavy atom. The Kier molecular flexibility index (Phi) is 3.91. The van der Waals surface area contributed by atoms with E-state index < -0.39 is 4.92 Å². The molecule has 0 bridgehead atoms. The van der Waals surface area contributed by atoms with Gasteiger partial charge in [-0.25, -0.2) is 4.99 Å². The summed E-state index contributed by atoms with van der Waals surface area (Å²) in [5.41, 5.74) is 2.39. The third kappa shape index (κ3) is 2.73. The highest BCUT2D eigenvalue weighted by molar-refractivity contribution is 9.10. The summed E-state index contributed by atoms with van der Waals surface area (Å²) in [4.78, 5) is 26.8. The van der Waals surface area contributed by atoms with E-state index >= 15 is 0 Å². The largest absolute Gasteiger partial charge is 0.320 e. The van der Waals surface area contributed by atoms with Crippen molar-refractivity contribution in [3.05, 3.63) is 61.1 Å². The Labute approximate surface area is 144 Å². The molecule has 0 fully saturated rings. The van der Waals surface area contributed by atoms with E-state index in [1.54, 1.807) is 19.1 Å². The molecular formula is C15H9BrClN3O3. The van der Waals surface area contributed by atoms with Crippen molar-refractivity contribution in [2.75, 3.05) is 5.32 Å². The van der Waals surface area contributed by atoms with Crippen LogP contribution < -0.4 is 5.32 Å². The Bertz CT molecular complexity index is 896. The Hall–Kier alpha value is -2.25. The summed E-state index contributed by atoms with van der Waals surface area (Å²) in [7, 11) is 0. The van der Waals surface area contributed by atoms with Gasteiger partial charge in [-0.15, -0.1) is 0 Å². The SMILES string of the molecule is Cc1c(Cl)c(Br)cc2c1NC(=O)C2=Nc1cccc([N+](=O)[O-])c1. The quantitative estimate of drug-likeness (QED) is 0.605. The van der Waals surface area contributed by atoms with Crippen molar-refractivity contribution >= 4 is 56.2 Å². The molecule has 1 heterocycles. The number of non-ortho nitro benzene ring substituents is 1. The summed E-state index contributed by atoms with van der Waals surface area (Å²) in [6.07, 6.45) is 0. The monoisotopic (exact) mass is 393 g/mol. The molecule has 0 unspecified atom stereocenters. The predicted molar refractivity (Wildman–Crippen MR) is 91.8 cm³/mol. The highest BCUT2D eigenvalue weighted by Crippen LogP contribution is 2.38. The summed E-state index contributed by atoms with van der Waals surface area (Å²) in [5, 5.41) is 14.1. The molecule has 0 spiro atoms. The van der Waals surface area contributed by atoms with E-state index in [-0.39, 0.29) is 17.3 Å². The summed E-state index contributed by atoms with van der Waals surface area (Å²) < 4.78 is 0.652. The second-order valence-electron chi connectivity index (χ2n) is 4.91. The third-order valence-electron chi connectivity index (χ3n) is 3.44. The van der Waals surface area contributed by atoms with Gasteiger partial charge in [0.25, 0.3) is 11.6 Å². The van der Waals surface area contributed by atoms with Crippen molar-refractivity contribution in [1.29, 1.82) is 0 Å². The number of fused-ring (bicyclic) bond motifs is 1. The lowest BCUT2D eigenvalue weighted by atomic mass is 10.1. The predicted octanol–water partition coefficient (Wildman–Crippen LogP) is 4.39. The Morgan fingerprint density at radius 1 is 1.35 bits per heavy atom. The van der Waals surface area contributed by atoms with E-state index in [0.29, 0.717) is 26.4 Å². The second-order valence-corrected chi connectivity index (χ2v) is 6.14. The Morgan fingerprint density at radius 2 is 2.09 bits per heavy atom. The van der Waals surface area contributed by atoms with Crippen LogP contribution in [0.15, 0.2) is 39.8 Å². The minimum atomic E-state index is -0.507. The number of carbonyl (C=O) groups is 1. The molecule has 0 saturated heterocycles. The van der Waals surface area contributed by atoms with Gasteiger partial charge in [-0.05, 0) is 40.5 Å². The van der Waals surface area contributed by atoms with Crippen molar-refractivity contribution in [3.8, 4) is 0 Å². The zero-order chi connectivity index (χ0) is 16.7. The molecule has 1 N–H and O–H groups in total. The van der Waals surface area contributed by atoms with Gasteiger partial charge >= 0.3 is 0 Å². The summed E-state index contributed by atoms with van der Waals surface area (Å²) in [5.74, 6) is -0.372. The first-order chi connectivity index (χ1) is 10.9. The molecule has 1 amide bonds. The number of halogens is 2. The van der Waals surface area contributed by atoms with E-state index in [2.05, 4.69) is 26.2 Å². The first-order valence-corrected chi connectivity index (χ1v) is 7.69. The average Bonchev–Trinajstić information content (AvgIpc) is 2.82. The van der Waals surface area contributed by atoms with E-state index in [4.69, 9.17) is 11.6 Å². The van der Waals surface area contributed by atoms with Gasteiger partial charge in [0.1, 0.15) is 5.71 Å². The number of anilines is 1. The minimum absolute atomic E-state index is 0.0843. The van der Waals surface area contributed by atoms with Gasteiger partial charge in [0.15, 0.2) is 0 Å². The van der Waals surface area contributed by atoms with E-state index in [1.165, 1.54) is 18.2 Å². The van der Waals surface area contributed by atoms with E-state index in [0.717, 1.165) is 5.56 Å². The molecule has 3 rings (SSSR count). The highest BCUT2D eigenvalue weighted by Gasteiger charge is 2.29. The van der Waals surface area contributed by atoms with Crippen molar-refractivity contribution in [2.24, 2.45) is 4.99 Å². The van der Waals surface area contributed by atoms with Gasteiger partial charge in [-0.2, -0.15) is 0 Å². The number of nitro benzene ring substituents is 1. The highest BCUT2D eigenvalue weighted by atomic mass is 79.9. The molecule has 0 radical (unpaired) electrons. The number of benzene rings is 2. The van der Waals surface area contributed by atoms with Crippen LogP contribution in [0.1, 0.15) is 11.1 Å². The van der Waals surface area contributed by atoms with Crippen LogP contribution in [0.5, 0.6) is 0 Å². The second kappa shape index (κ2) is 5.75. The molecule has 2 aromatic rings. The molecule has 1 aliphatic heterocycles. The fourth-order valence-electron chi connectivity index (χ4n) is 2.31. The average molecular weight is 395 g/mol. The summed E-state index contributed by atoms with van der Waals surface area (Å²) in [6.45, 7) is 1.79. The zero-order valence-electron chi connectivity index (χ0n) is 11.8. The molecule has 0 aliphatic carbocycles. The topological polar surface area (TPSA) is 84.6 Å². The number of hydrogen-bond donors (Lipinski definition) is 1. The molecule has 0 aromatic heterocycles. The molecule has 0 atom stereocenters. The third-order valence-corrected chi connectivity index (χ3v) is 4.79. The first-order valence-electron chi connectivity index (χ1n) is 6.52. The maximum absolute atomic E-state index is 12.2. The lowest BCUT2D eigenvalue weighted by molar-refractivity contribution is -0.384. The number of nitrogens with zero attached hydrogens (tertiary/aromatic N) is 2. The number of hydrogen-bond acceptors (Lipinski definition) is 4. The van der Waals surface area contributed by atoms with Crippen LogP contribution in [-0.4, -0.2) is 16.5 Å². The molecule has 0 saturated carbocycles. The normalized spacial score (nSPS) is 14.7. The fraction of sp³-hybridized carbons (Fsp3) is 0.0667. The molecule has 116 valence electrons. The maximum Gasteiger partial charge on any atom is 0.275 e. The lowest BCUT2D eigenvalue weighted by Gasteiger charge is -2.07. The number of aliphatic imine (C=N–C) groups is 1. The van der Waals surface area contributed by atoms with Crippen LogP contribution in [-0.2, 0) is 4.79 Å². The number of carbonyl (C=O) groups excluding carboxylic acids is 1. The van der Waals surface area contributed by atoms with E-state index in [1.807, 2.05) is 0 Å². The zero-order valence-corrected chi connectivity index (χ0v) is 14.1. The van der Waals surface area contributed by atoms with E-state index in [9.17, 15) is 14.9 Å². The van der Waals surface area contributed by atoms with Gasteiger partial charge in [0, 0.05) is 22.2 Å². The van der Waals surface area contributed by atoms with Gasteiger partial charge in [0.05, 0.1) is 21.3 Å². The maximum atomic E-state index is 12.2. The van der Waals surface area contributed by atoms with Crippen molar-refractivity contribution in [2.45, 2.75) is 6.92 Å². The van der Waals surface area contributed by atoms with Crippen molar-refractivity contribution < 1.29 is 9.72 Å². The molecule has 2 aromatic carbocycles. The summed E-state index contributed by atoms with van der Waals surface area (Å²) >= 11 is 9.51. The van der Waals surface area contributed by atoms with Crippen molar-refractivity contribution in [3.63, 3.8) is 0 Å². The van der Waals surface area contributed by atoms with Crippen LogP contribution in [0.2, 0.25) is 5.02 Å². The number of rotatable bonds is 2. The minimum Gasteiger partial charge on any atom is -0.320 e. The van der Waals surface area contributed by atoms with Crippen LogP contribution >= 0.6 is 27.5 Å². The molecule has 1 aliphatic rings. The molecule has 8 heteroatoms. The van der Waals surface area contributed by atoms with Gasteiger partial charge in [0.2, 0.25) is 0 Å². The van der Waals surface area contributed by atoms with Crippen LogP contribution in [0.3, 0.4) is 0 Å². The van der Waals surface area contributed by atoms with Crippen molar-refractivity contribution in [1.82, 2.24) is 0 Å².